The van der Waals surface area contributed by atoms with Crippen LogP contribution in [-0.2, 0) is 9.59 Å². The van der Waals surface area contributed by atoms with Crippen molar-refractivity contribution in [3.8, 4) is 5.75 Å². The summed E-state index contributed by atoms with van der Waals surface area (Å²) < 4.78 is 5.56. The average Bonchev–Trinajstić information content (AvgIpc) is 3.32. The Morgan fingerprint density at radius 2 is 1.90 bits per heavy atom. The van der Waals surface area contributed by atoms with Crippen LogP contribution in [0.5, 0.6) is 5.75 Å². The summed E-state index contributed by atoms with van der Waals surface area (Å²) in [6.07, 6.45) is 0.893. The number of carbonyl (C=O) groups is 3. The number of benzene rings is 1. The van der Waals surface area contributed by atoms with Gasteiger partial charge in [0.25, 0.3) is 5.91 Å². The lowest BCUT2D eigenvalue weighted by Crippen LogP contribution is -2.36. The number of thiophene rings is 1. The lowest BCUT2D eigenvalue weighted by atomic mass is 9.89. The molecule has 1 aromatic heterocycles. The van der Waals surface area contributed by atoms with E-state index in [-0.39, 0.29) is 5.78 Å². The molecule has 154 valence electrons. The minimum absolute atomic E-state index is 0.323. The molecule has 0 aliphatic carbocycles. The van der Waals surface area contributed by atoms with Gasteiger partial charge in [-0.1, -0.05) is 13.0 Å². The molecule has 1 amide bonds. The molecule has 29 heavy (non-hydrogen) atoms. The topological polar surface area (TPSA) is 66.9 Å². The van der Waals surface area contributed by atoms with Crippen LogP contribution in [-0.4, -0.2) is 61.1 Å². The normalized spacial score (nSPS) is 19.2. The van der Waals surface area contributed by atoms with E-state index in [1.807, 2.05) is 43.4 Å². The fourth-order valence-electron chi connectivity index (χ4n) is 3.43. The van der Waals surface area contributed by atoms with E-state index in [0.29, 0.717) is 31.0 Å². The molecule has 2 unspecified atom stereocenters. The molecular formula is C22H26N2O4S. The molecule has 6 nitrogen and oxygen atoms in total. The summed E-state index contributed by atoms with van der Waals surface area (Å²) >= 11 is 1.46. The zero-order valence-electron chi connectivity index (χ0n) is 17.0. The number of ketones is 2. The van der Waals surface area contributed by atoms with Gasteiger partial charge in [-0.3, -0.25) is 14.4 Å². The van der Waals surface area contributed by atoms with Crippen molar-refractivity contribution in [1.82, 2.24) is 9.80 Å². The Balaban J connectivity index is 1.89. The molecule has 1 aliphatic rings. The van der Waals surface area contributed by atoms with E-state index in [4.69, 9.17) is 4.74 Å². The van der Waals surface area contributed by atoms with Crippen molar-refractivity contribution in [2.75, 3.05) is 33.8 Å². The van der Waals surface area contributed by atoms with E-state index in [9.17, 15) is 14.4 Å². The molecule has 1 saturated heterocycles. The molecule has 0 spiro atoms. The van der Waals surface area contributed by atoms with Gasteiger partial charge in [-0.25, -0.2) is 0 Å². The summed E-state index contributed by atoms with van der Waals surface area (Å²) in [7, 11) is 3.82. The van der Waals surface area contributed by atoms with Crippen LogP contribution in [0.25, 0.3) is 0 Å². The van der Waals surface area contributed by atoms with Gasteiger partial charge >= 0.3 is 0 Å². The first-order valence-corrected chi connectivity index (χ1v) is 10.6. The Bertz CT molecular complexity index is 861. The third-order valence-corrected chi connectivity index (χ3v) is 5.87. The lowest BCUT2D eigenvalue weighted by Gasteiger charge is -2.27. The first kappa shape index (κ1) is 21.2. The van der Waals surface area contributed by atoms with Crippen LogP contribution < -0.4 is 4.74 Å². The highest BCUT2D eigenvalue weighted by Crippen LogP contribution is 2.40. The van der Waals surface area contributed by atoms with Gasteiger partial charge in [-0.05, 0) is 56.2 Å². The highest BCUT2D eigenvalue weighted by Gasteiger charge is 2.51. The fourth-order valence-corrected chi connectivity index (χ4v) is 4.30. The summed E-state index contributed by atoms with van der Waals surface area (Å²) in [4.78, 5) is 43.2. The summed E-state index contributed by atoms with van der Waals surface area (Å²) in [6, 6.07) is 9.99. The number of hydrogen-bond donors (Lipinski definition) is 0. The Morgan fingerprint density at radius 3 is 2.48 bits per heavy atom. The van der Waals surface area contributed by atoms with Crippen LogP contribution in [0.4, 0.5) is 0 Å². The van der Waals surface area contributed by atoms with Crippen molar-refractivity contribution < 1.29 is 19.1 Å². The number of carbonyl (C=O) groups excluding carboxylic acids is 3. The molecule has 1 fully saturated rings. The molecule has 0 radical (unpaired) electrons. The number of Topliss-reactive ketones (excluding diaryl/α,β-unsaturated/α-hetero) is 2. The van der Waals surface area contributed by atoms with Gasteiger partial charge in [0.1, 0.15) is 11.7 Å². The van der Waals surface area contributed by atoms with Crippen molar-refractivity contribution in [3.05, 3.63) is 52.2 Å². The van der Waals surface area contributed by atoms with E-state index in [1.165, 1.54) is 11.3 Å². The van der Waals surface area contributed by atoms with Crippen molar-refractivity contribution in [2.24, 2.45) is 5.92 Å². The minimum Gasteiger partial charge on any atom is -0.494 e. The number of ether oxygens (including phenoxy) is 1. The standard InChI is InChI=1S/C22H26N2O4S/c1-4-13-28-16-9-7-15(8-10-16)20(25)18-19(17-6-5-14-29-17)24(12-11-23(2)3)22(27)21(18)26/h5-10,14,18-19H,4,11-13H2,1-3H3. The molecule has 2 aromatic rings. The first-order valence-electron chi connectivity index (χ1n) is 9.74. The Labute approximate surface area is 175 Å². The molecular weight excluding hydrogens is 388 g/mol. The fraction of sp³-hybridized carbons (Fsp3) is 0.409. The zero-order chi connectivity index (χ0) is 21.0. The molecule has 1 aromatic carbocycles. The van der Waals surface area contributed by atoms with E-state index in [2.05, 4.69) is 0 Å². The highest BCUT2D eigenvalue weighted by atomic mass is 32.1. The van der Waals surface area contributed by atoms with E-state index >= 15 is 0 Å². The van der Waals surface area contributed by atoms with Crippen LogP contribution in [0.3, 0.4) is 0 Å². The molecule has 1 aliphatic heterocycles. The summed E-state index contributed by atoms with van der Waals surface area (Å²) in [6.45, 7) is 3.64. The number of hydrogen-bond acceptors (Lipinski definition) is 6. The van der Waals surface area contributed by atoms with Gasteiger partial charge in [0.05, 0.1) is 12.6 Å². The van der Waals surface area contributed by atoms with Gasteiger partial charge in [0.2, 0.25) is 5.78 Å². The molecule has 0 N–H and O–H groups in total. The third kappa shape index (κ3) is 4.57. The predicted molar refractivity (Wildman–Crippen MR) is 112 cm³/mol. The van der Waals surface area contributed by atoms with Gasteiger partial charge in [0, 0.05) is 23.5 Å². The second-order valence-electron chi connectivity index (χ2n) is 7.34. The van der Waals surface area contributed by atoms with Crippen LogP contribution in [0.1, 0.15) is 34.6 Å². The van der Waals surface area contributed by atoms with E-state index in [1.54, 1.807) is 29.2 Å². The molecule has 0 saturated carbocycles. The van der Waals surface area contributed by atoms with Crippen molar-refractivity contribution >= 4 is 28.8 Å². The minimum atomic E-state index is -1.02. The monoisotopic (exact) mass is 414 g/mol. The quantitative estimate of drug-likeness (QED) is 0.358. The van der Waals surface area contributed by atoms with Gasteiger partial charge in [0.15, 0.2) is 5.78 Å². The molecule has 3 rings (SSSR count). The maximum Gasteiger partial charge on any atom is 0.291 e. The second-order valence-corrected chi connectivity index (χ2v) is 8.32. The maximum atomic E-state index is 13.3. The zero-order valence-corrected chi connectivity index (χ0v) is 17.8. The maximum absolute atomic E-state index is 13.3. The Kier molecular flexibility index (Phi) is 6.82. The average molecular weight is 415 g/mol. The first-order chi connectivity index (χ1) is 13.9. The van der Waals surface area contributed by atoms with Crippen molar-refractivity contribution in [3.63, 3.8) is 0 Å². The van der Waals surface area contributed by atoms with Gasteiger partial charge in [-0.2, -0.15) is 0 Å². The smallest absolute Gasteiger partial charge is 0.291 e. The van der Waals surface area contributed by atoms with Crippen molar-refractivity contribution in [2.45, 2.75) is 19.4 Å². The number of amides is 1. The number of likely N-dealkylation sites (tertiary alicyclic amines) is 1. The Hall–Kier alpha value is -2.51. The van der Waals surface area contributed by atoms with Gasteiger partial charge in [-0.15, -0.1) is 11.3 Å². The number of rotatable bonds is 9. The molecule has 7 heteroatoms. The Morgan fingerprint density at radius 1 is 1.17 bits per heavy atom. The van der Waals surface area contributed by atoms with Crippen LogP contribution in [0.2, 0.25) is 0 Å². The highest BCUT2D eigenvalue weighted by molar-refractivity contribution is 7.10. The van der Waals surface area contributed by atoms with Crippen LogP contribution >= 0.6 is 11.3 Å². The second kappa shape index (κ2) is 9.33. The summed E-state index contributed by atoms with van der Waals surface area (Å²) in [5.74, 6) is -1.87. The number of likely N-dealkylation sites (N-methyl/N-ethyl adjacent to an activating group) is 1. The molecule has 2 atom stereocenters. The molecule has 2 heterocycles. The van der Waals surface area contributed by atoms with Crippen LogP contribution in [0.15, 0.2) is 41.8 Å². The van der Waals surface area contributed by atoms with E-state index in [0.717, 1.165) is 11.3 Å². The number of nitrogens with zero attached hydrogens (tertiary/aromatic N) is 2. The van der Waals surface area contributed by atoms with Crippen molar-refractivity contribution in [1.29, 1.82) is 0 Å². The largest absolute Gasteiger partial charge is 0.494 e. The third-order valence-electron chi connectivity index (χ3n) is 4.92. The van der Waals surface area contributed by atoms with Gasteiger partial charge < -0.3 is 14.5 Å². The summed E-state index contributed by atoms with van der Waals surface area (Å²) in [5, 5.41) is 1.90. The summed E-state index contributed by atoms with van der Waals surface area (Å²) in [5.41, 5.74) is 0.413. The van der Waals surface area contributed by atoms with Crippen LogP contribution in [0, 0.1) is 5.92 Å². The predicted octanol–water partition coefficient (Wildman–Crippen LogP) is 3.05. The van der Waals surface area contributed by atoms with E-state index < -0.39 is 23.7 Å². The lowest BCUT2D eigenvalue weighted by molar-refractivity contribution is -0.140. The molecule has 0 bridgehead atoms. The SMILES string of the molecule is CCCOc1ccc(C(=O)C2C(=O)C(=O)N(CCN(C)C)C2c2cccs2)cc1.